The molecule has 0 saturated heterocycles. The quantitative estimate of drug-likeness (QED) is 0.783. The molecule has 2 heteroatoms. The number of carbonyl (C=O) groups excluding carboxylic acids is 1. The van der Waals surface area contributed by atoms with Crippen molar-refractivity contribution >= 4 is 5.78 Å². The van der Waals surface area contributed by atoms with E-state index in [1.807, 2.05) is 19.1 Å². The predicted molar refractivity (Wildman–Crippen MR) is 67.8 cm³/mol. The van der Waals surface area contributed by atoms with Gasteiger partial charge in [0.2, 0.25) is 0 Å². The van der Waals surface area contributed by atoms with E-state index in [2.05, 4.69) is 24.9 Å². The second-order valence-electron chi connectivity index (χ2n) is 4.00. The zero-order valence-electron chi connectivity index (χ0n) is 10.3. The minimum Gasteiger partial charge on any atom is -0.359 e. The average Bonchev–Trinajstić information content (AvgIpc) is 2.39. The molecule has 16 heavy (non-hydrogen) atoms. The van der Waals surface area contributed by atoms with E-state index in [0.29, 0.717) is 0 Å². The lowest BCUT2D eigenvalue weighted by molar-refractivity contribution is -0.113. The summed E-state index contributed by atoms with van der Waals surface area (Å²) < 4.78 is 0. The van der Waals surface area contributed by atoms with Crippen molar-refractivity contribution in [1.29, 1.82) is 0 Å². The number of Topliss-reactive ketones (excluding diaryl/α,β-unsaturated/α-hetero) is 1. The summed E-state index contributed by atoms with van der Waals surface area (Å²) >= 11 is 0. The minimum atomic E-state index is 0.103. The van der Waals surface area contributed by atoms with Crippen LogP contribution in [0.3, 0.4) is 0 Å². The highest BCUT2D eigenvalue weighted by Gasteiger charge is 2.09. The fourth-order valence-corrected chi connectivity index (χ4v) is 1.67. The molecule has 0 aromatic heterocycles. The molecule has 0 heterocycles. The fraction of sp³-hybridized carbons (Fsp3) is 0.357. The van der Waals surface area contributed by atoms with Gasteiger partial charge in [0.15, 0.2) is 5.78 Å². The molecule has 0 radical (unpaired) electrons. The van der Waals surface area contributed by atoms with Crippen LogP contribution in [0.15, 0.2) is 47.3 Å². The van der Waals surface area contributed by atoms with Crippen molar-refractivity contribution in [3.63, 3.8) is 0 Å². The van der Waals surface area contributed by atoms with E-state index in [1.165, 1.54) is 5.57 Å². The number of carbonyl (C=O) groups is 1. The van der Waals surface area contributed by atoms with Crippen LogP contribution in [0.5, 0.6) is 0 Å². The maximum absolute atomic E-state index is 11.4. The molecule has 0 aliphatic heterocycles. The lowest BCUT2D eigenvalue weighted by Crippen LogP contribution is -2.12. The van der Waals surface area contributed by atoms with E-state index in [0.717, 1.165) is 29.8 Å². The molecule has 2 nitrogen and oxygen atoms in total. The first-order valence-electron chi connectivity index (χ1n) is 5.59. The molecule has 0 amide bonds. The Morgan fingerprint density at radius 3 is 2.62 bits per heavy atom. The normalized spacial score (nSPS) is 15.6. The van der Waals surface area contributed by atoms with Gasteiger partial charge < -0.3 is 5.32 Å². The van der Waals surface area contributed by atoms with Crippen LogP contribution in [0, 0.1) is 0 Å². The summed E-state index contributed by atoms with van der Waals surface area (Å²) in [7, 11) is 0. The molecule has 0 spiro atoms. The molecular weight excluding hydrogens is 198 g/mol. The Hall–Kier alpha value is -1.57. The molecule has 1 N–H and O–H groups in total. The van der Waals surface area contributed by atoms with Crippen molar-refractivity contribution in [2.75, 3.05) is 0 Å². The highest BCUT2D eigenvalue weighted by atomic mass is 16.1. The number of allylic oxidation sites excluding steroid dienone is 6. The highest BCUT2D eigenvalue weighted by Crippen LogP contribution is 2.20. The third-order valence-electron chi connectivity index (χ3n) is 2.48. The van der Waals surface area contributed by atoms with Crippen LogP contribution in [0.4, 0.5) is 0 Å². The van der Waals surface area contributed by atoms with E-state index in [9.17, 15) is 4.79 Å². The molecule has 1 aliphatic rings. The Labute approximate surface area is 97.4 Å². The van der Waals surface area contributed by atoms with Gasteiger partial charge in [-0.2, -0.15) is 0 Å². The number of nitrogens with one attached hydrogen (secondary N) is 1. The topological polar surface area (TPSA) is 29.1 Å². The summed E-state index contributed by atoms with van der Waals surface area (Å²) in [5.74, 6) is 0.103. The Kier molecular flexibility index (Phi) is 4.29. The van der Waals surface area contributed by atoms with Gasteiger partial charge in [0.25, 0.3) is 0 Å². The molecule has 1 rings (SSSR count). The van der Waals surface area contributed by atoms with Crippen LogP contribution in [0.25, 0.3) is 0 Å². The molecular formula is C14H19NO. The molecule has 1 aliphatic carbocycles. The van der Waals surface area contributed by atoms with E-state index < -0.39 is 0 Å². The first kappa shape index (κ1) is 12.5. The van der Waals surface area contributed by atoms with E-state index >= 15 is 0 Å². The maximum Gasteiger partial charge on any atom is 0.159 e. The van der Waals surface area contributed by atoms with Gasteiger partial charge in [-0.05, 0) is 38.3 Å². The van der Waals surface area contributed by atoms with Gasteiger partial charge in [-0.15, -0.1) is 0 Å². The van der Waals surface area contributed by atoms with E-state index in [1.54, 1.807) is 6.92 Å². The van der Waals surface area contributed by atoms with Crippen molar-refractivity contribution in [2.24, 2.45) is 0 Å². The average molecular weight is 217 g/mol. The summed E-state index contributed by atoms with van der Waals surface area (Å²) in [6.45, 7) is 9.45. The Morgan fingerprint density at radius 2 is 2.12 bits per heavy atom. The highest BCUT2D eigenvalue weighted by molar-refractivity contribution is 5.96. The molecule has 86 valence electrons. The summed E-state index contributed by atoms with van der Waals surface area (Å²) in [5.41, 5.74) is 3.88. The lowest BCUT2D eigenvalue weighted by atomic mass is 10.1. The van der Waals surface area contributed by atoms with Crippen LogP contribution in [-0.4, -0.2) is 5.78 Å². The van der Waals surface area contributed by atoms with Gasteiger partial charge in [0, 0.05) is 17.0 Å². The maximum atomic E-state index is 11.4. The van der Waals surface area contributed by atoms with Gasteiger partial charge >= 0.3 is 0 Å². The van der Waals surface area contributed by atoms with Crippen LogP contribution >= 0.6 is 0 Å². The molecule has 0 aromatic carbocycles. The molecule has 0 aromatic rings. The third-order valence-corrected chi connectivity index (χ3v) is 2.48. The summed E-state index contributed by atoms with van der Waals surface area (Å²) in [5, 5.41) is 3.21. The smallest absolute Gasteiger partial charge is 0.159 e. The van der Waals surface area contributed by atoms with Crippen molar-refractivity contribution < 1.29 is 4.79 Å². The van der Waals surface area contributed by atoms with Gasteiger partial charge in [-0.1, -0.05) is 25.7 Å². The zero-order valence-corrected chi connectivity index (χ0v) is 10.3. The largest absolute Gasteiger partial charge is 0.359 e. The summed E-state index contributed by atoms with van der Waals surface area (Å²) in [6, 6.07) is 0. The van der Waals surface area contributed by atoms with Crippen molar-refractivity contribution in [3.8, 4) is 0 Å². The van der Waals surface area contributed by atoms with Crippen molar-refractivity contribution in [2.45, 2.75) is 33.6 Å². The number of hydrogen-bond acceptors (Lipinski definition) is 2. The molecule has 0 bridgehead atoms. The summed E-state index contributed by atoms with van der Waals surface area (Å²) in [4.78, 5) is 11.4. The van der Waals surface area contributed by atoms with Crippen molar-refractivity contribution in [1.82, 2.24) is 5.32 Å². The van der Waals surface area contributed by atoms with Gasteiger partial charge in [0.05, 0.1) is 0 Å². The number of hydrogen-bond donors (Lipinski definition) is 1. The molecule has 0 fully saturated rings. The zero-order chi connectivity index (χ0) is 12.1. The third kappa shape index (κ3) is 3.23. The second kappa shape index (κ2) is 5.50. The fourth-order valence-electron chi connectivity index (χ4n) is 1.67. The van der Waals surface area contributed by atoms with Crippen LogP contribution in [0.2, 0.25) is 0 Å². The van der Waals surface area contributed by atoms with Gasteiger partial charge in [-0.25, -0.2) is 0 Å². The molecule has 0 saturated carbocycles. The SMILES string of the molecule is C=C(C)NC1=CC(C(C)=O)=CCC=C1CC. The predicted octanol–water partition coefficient (Wildman–Crippen LogP) is 3.25. The second-order valence-corrected chi connectivity index (χ2v) is 4.00. The van der Waals surface area contributed by atoms with E-state index in [4.69, 9.17) is 0 Å². The number of ketones is 1. The number of rotatable bonds is 4. The molecule has 0 unspecified atom stereocenters. The standard InChI is InChI=1S/C14H19NO/c1-5-12-7-6-8-13(11(4)16)9-14(12)15-10(2)3/h7-9,15H,2,5-6H2,1,3-4H3. The Balaban J connectivity index is 3.05. The Morgan fingerprint density at radius 1 is 1.44 bits per heavy atom. The summed E-state index contributed by atoms with van der Waals surface area (Å²) in [6.07, 6.45) is 7.79. The van der Waals surface area contributed by atoms with Crippen LogP contribution < -0.4 is 5.32 Å². The first-order valence-corrected chi connectivity index (χ1v) is 5.59. The minimum absolute atomic E-state index is 0.103. The van der Waals surface area contributed by atoms with Crippen LogP contribution in [-0.2, 0) is 4.79 Å². The van der Waals surface area contributed by atoms with Gasteiger partial charge in [0.1, 0.15) is 0 Å². The first-order chi connectivity index (χ1) is 7.54. The monoisotopic (exact) mass is 217 g/mol. The van der Waals surface area contributed by atoms with E-state index in [-0.39, 0.29) is 5.78 Å². The lowest BCUT2D eigenvalue weighted by Gasteiger charge is -2.12. The van der Waals surface area contributed by atoms with Crippen molar-refractivity contribution in [3.05, 3.63) is 47.3 Å². The Bertz CT molecular complexity index is 397. The van der Waals surface area contributed by atoms with Crippen LogP contribution in [0.1, 0.15) is 33.6 Å². The van der Waals surface area contributed by atoms with Gasteiger partial charge in [-0.3, -0.25) is 4.79 Å². The molecule has 0 atom stereocenters.